The van der Waals surface area contributed by atoms with E-state index < -0.39 is 0 Å². The topological polar surface area (TPSA) is 129 Å². The standard InChI is InChI=1S/C23H18N6O4S/c1-14-11-19(33-28-14)24-18(30)13-34-23-26-25-21(32-23)20-16-9-5-6-10-17(16)22(31)29(27-20)12-15-7-3-2-4-8-15/h2-11H,12-13H2,1H3,(H,24,30). The molecule has 170 valence electrons. The summed E-state index contributed by atoms with van der Waals surface area (Å²) in [6, 6.07) is 18.3. The molecule has 5 aromatic rings. The Kier molecular flexibility index (Phi) is 5.91. The lowest BCUT2D eigenvalue weighted by molar-refractivity contribution is -0.113. The molecule has 0 aliphatic rings. The lowest BCUT2D eigenvalue weighted by Crippen LogP contribution is -2.24. The van der Waals surface area contributed by atoms with Crippen LogP contribution in [0.1, 0.15) is 11.3 Å². The summed E-state index contributed by atoms with van der Waals surface area (Å²) in [7, 11) is 0. The van der Waals surface area contributed by atoms with Crippen LogP contribution in [0.25, 0.3) is 22.4 Å². The van der Waals surface area contributed by atoms with Gasteiger partial charge in [0.25, 0.3) is 16.7 Å². The Morgan fingerprint density at radius 3 is 2.59 bits per heavy atom. The third kappa shape index (κ3) is 4.59. The molecule has 0 atom stereocenters. The molecule has 0 bridgehead atoms. The van der Waals surface area contributed by atoms with Gasteiger partial charge in [-0.15, -0.1) is 10.2 Å². The Balaban J connectivity index is 1.40. The maximum Gasteiger partial charge on any atom is 0.277 e. The summed E-state index contributed by atoms with van der Waals surface area (Å²) in [5.74, 6) is 0.154. The summed E-state index contributed by atoms with van der Waals surface area (Å²) in [5.41, 5.74) is 1.79. The first kappa shape index (κ1) is 21.6. The van der Waals surface area contributed by atoms with Gasteiger partial charge in [0, 0.05) is 11.5 Å². The fourth-order valence-corrected chi connectivity index (χ4v) is 3.91. The van der Waals surface area contributed by atoms with E-state index >= 15 is 0 Å². The van der Waals surface area contributed by atoms with Gasteiger partial charge in [-0.3, -0.25) is 14.9 Å². The molecule has 0 aliphatic heterocycles. The normalized spacial score (nSPS) is 11.1. The summed E-state index contributed by atoms with van der Waals surface area (Å²) in [6.07, 6.45) is 0. The third-order valence-corrected chi connectivity index (χ3v) is 5.69. The summed E-state index contributed by atoms with van der Waals surface area (Å²) in [5, 5.41) is 20.3. The van der Waals surface area contributed by atoms with Gasteiger partial charge in [-0.1, -0.05) is 65.4 Å². The fourth-order valence-electron chi connectivity index (χ4n) is 3.34. The van der Waals surface area contributed by atoms with Gasteiger partial charge in [0.1, 0.15) is 0 Å². The number of benzene rings is 2. The molecular formula is C23H18N6O4S. The van der Waals surface area contributed by atoms with Crippen LogP contribution < -0.4 is 10.9 Å². The minimum atomic E-state index is -0.305. The number of hydrogen-bond donors (Lipinski definition) is 1. The van der Waals surface area contributed by atoms with Crippen molar-refractivity contribution in [2.45, 2.75) is 18.7 Å². The van der Waals surface area contributed by atoms with E-state index in [1.165, 1.54) is 4.68 Å². The van der Waals surface area contributed by atoms with Gasteiger partial charge in [-0.2, -0.15) is 5.10 Å². The van der Waals surface area contributed by atoms with E-state index in [9.17, 15) is 9.59 Å². The number of rotatable bonds is 7. The predicted molar refractivity (Wildman–Crippen MR) is 125 cm³/mol. The Morgan fingerprint density at radius 1 is 1.06 bits per heavy atom. The van der Waals surface area contributed by atoms with Crippen molar-refractivity contribution in [1.29, 1.82) is 0 Å². The second kappa shape index (κ2) is 9.32. The van der Waals surface area contributed by atoms with Crippen LogP contribution >= 0.6 is 11.8 Å². The number of aromatic nitrogens is 5. The third-order valence-electron chi connectivity index (χ3n) is 4.87. The molecular weight excluding hydrogens is 456 g/mol. The first-order valence-electron chi connectivity index (χ1n) is 10.3. The van der Waals surface area contributed by atoms with Crippen molar-refractivity contribution < 1.29 is 13.7 Å². The number of thioether (sulfide) groups is 1. The number of carbonyl (C=O) groups is 1. The zero-order chi connectivity index (χ0) is 23.5. The minimum absolute atomic E-state index is 0.0308. The average molecular weight is 475 g/mol. The number of carbonyl (C=O) groups excluding carboxylic acids is 1. The second-order valence-electron chi connectivity index (χ2n) is 7.39. The van der Waals surface area contributed by atoms with Crippen LogP contribution in [-0.2, 0) is 11.3 Å². The largest absolute Gasteiger partial charge is 0.409 e. The number of fused-ring (bicyclic) bond motifs is 1. The van der Waals surface area contributed by atoms with Crippen LogP contribution in [-0.4, -0.2) is 36.8 Å². The van der Waals surface area contributed by atoms with Gasteiger partial charge >= 0.3 is 0 Å². The van der Waals surface area contributed by atoms with Crippen molar-refractivity contribution in [3.05, 3.63) is 82.3 Å². The van der Waals surface area contributed by atoms with Crippen LogP contribution in [0, 0.1) is 6.92 Å². The number of nitrogens with zero attached hydrogens (tertiary/aromatic N) is 5. The molecule has 0 saturated carbocycles. The molecule has 2 aromatic carbocycles. The first-order valence-corrected chi connectivity index (χ1v) is 11.3. The minimum Gasteiger partial charge on any atom is -0.409 e. The molecule has 34 heavy (non-hydrogen) atoms. The van der Waals surface area contributed by atoms with Crippen molar-refractivity contribution in [2.24, 2.45) is 0 Å². The Hall–Kier alpha value is -4.25. The molecule has 10 nitrogen and oxygen atoms in total. The zero-order valence-electron chi connectivity index (χ0n) is 18.0. The smallest absolute Gasteiger partial charge is 0.277 e. The molecule has 0 unspecified atom stereocenters. The Bertz CT molecular complexity index is 1530. The molecule has 0 radical (unpaired) electrons. The van der Waals surface area contributed by atoms with Crippen molar-refractivity contribution >= 4 is 34.3 Å². The molecule has 3 aromatic heterocycles. The van der Waals surface area contributed by atoms with Gasteiger partial charge in [-0.05, 0) is 18.6 Å². The lowest BCUT2D eigenvalue weighted by Gasteiger charge is -2.09. The van der Waals surface area contributed by atoms with E-state index in [0.29, 0.717) is 28.7 Å². The number of hydrogen-bond acceptors (Lipinski definition) is 9. The van der Waals surface area contributed by atoms with Crippen LogP contribution in [0.2, 0.25) is 0 Å². The highest BCUT2D eigenvalue weighted by Crippen LogP contribution is 2.26. The highest BCUT2D eigenvalue weighted by molar-refractivity contribution is 7.99. The monoisotopic (exact) mass is 474 g/mol. The van der Waals surface area contributed by atoms with Crippen molar-refractivity contribution in [1.82, 2.24) is 25.1 Å². The molecule has 0 aliphatic carbocycles. The number of anilines is 1. The van der Waals surface area contributed by atoms with Crippen molar-refractivity contribution in [3.63, 3.8) is 0 Å². The average Bonchev–Trinajstić information content (AvgIpc) is 3.49. The lowest BCUT2D eigenvalue weighted by atomic mass is 10.1. The molecule has 0 spiro atoms. The van der Waals surface area contributed by atoms with Crippen LogP contribution in [0.5, 0.6) is 0 Å². The summed E-state index contributed by atoms with van der Waals surface area (Å²) >= 11 is 1.07. The molecule has 0 saturated heterocycles. The Labute approximate surface area is 197 Å². The highest BCUT2D eigenvalue weighted by Gasteiger charge is 2.18. The highest BCUT2D eigenvalue weighted by atomic mass is 32.2. The quantitative estimate of drug-likeness (QED) is 0.352. The fraction of sp³-hybridized carbons (Fsp3) is 0.130. The van der Waals surface area contributed by atoms with Gasteiger partial charge < -0.3 is 8.94 Å². The van der Waals surface area contributed by atoms with Crippen molar-refractivity contribution in [2.75, 3.05) is 11.1 Å². The van der Waals surface area contributed by atoms with E-state index in [-0.39, 0.29) is 34.2 Å². The molecule has 5 rings (SSSR count). The Morgan fingerprint density at radius 2 is 1.82 bits per heavy atom. The maximum atomic E-state index is 13.0. The summed E-state index contributed by atoms with van der Waals surface area (Å²) in [4.78, 5) is 25.2. The second-order valence-corrected chi connectivity index (χ2v) is 8.31. The number of amides is 1. The SMILES string of the molecule is Cc1cc(NC(=O)CSc2nnc(-c3nn(Cc4ccccc4)c(=O)c4ccccc34)o2)on1. The van der Waals surface area contributed by atoms with E-state index in [0.717, 1.165) is 17.3 Å². The predicted octanol–water partition coefficient (Wildman–Crippen LogP) is 3.52. The zero-order valence-corrected chi connectivity index (χ0v) is 18.8. The van der Waals surface area contributed by atoms with Crippen LogP contribution in [0.15, 0.2) is 79.6 Å². The molecule has 0 fully saturated rings. The van der Waals surface area contributed by atoms with Crippen LogP contribution in [0.3, 0.4) is 0 Å². The molecule has 3 heterocycles. The van der Waals surface area contributed by atoms with E-state index in [1.807, 2.05) is 36.4 Å². The van der Waals surface area contributed by atoms with E-state index in [1.54, 1.807) is 31.2 Å². The van der Waals surface area contributed by atoms with Gasteiger partial charge in [0.15, 0.2) is 5.69 Å². The van der Waals surface area contributed by atoms with Gasteiger partial charge in [0.05, 0.1) is 23.4 Å². The van der Waals surface area contributed by atoms with E-state index in [2.05, 4.69) is 25.8 Å². The molecule has 11 heteroatoms. The number of aryl methyl sites for hydroxylation is 1. The van der Waals surface area contributed by atoms with Crippen LogP contribution in [0.4, 0.5) is 5.88 Å². The maximum absolute atomic E-state index is 13.0. The summed E-state index contributed by atoms with van der Waals surface area (Å²) in [6.45, 7) is 2.06. The molecule has 1 amide bonds. The molecule has 1 N–H and O–H groups in total. The van der Waals surface area contributed by atoms with Gasteiger partial charge in [-0.25, -0.2) is 4.68 Å². The van der Waals surface area contributed by atoms with Gasteiger partial charge in [0.2, 0.25) is 11.8 Å². The first-order chi connectivity index (χ1) is 16.6. The summed E-state index contributed by atoms with van der Waals surface area (Å²) < 4.78 is 12.1. The number of nitrogens with one attached hydrogen (secondary N) is 1. The van der Waals surface area contributed by atoms with E-state index in [4.69, 9.17) is 8.94 Å². The van der Waals surface area contributed by atoms with Crippen molar-refractivity contribution in [3.8, 4) is 11.6 Å².